The van der Waals surface area contributed by atoms with Crippen LogP contribution in [-0.4, -0.2) is 93.1 Å². The van der Waals surface area contributed by atoms with Gasteiger partial charge in [0, 0.05) is 13.1 Å². The minimum Gasteiger partial charge on any atom is -0.463 e. The molecule has 5 aromatic rings. The highest BCUT2D eigenvalue weighted by molar-refractivity contribution is 5.89. The van der Waals surface area contributed by atoms with Crippen LogP contribution in [0.1, 0.15) is 77.1 Å². The molecule has 2 saturated heterocycles. The van der Waals surface area contributed by atoms with Gasteiger partial charge in [-0.05, 0) is 72.9 Å². The number of rotatable bonds is 10. The lowest BCUT2D eigenvalue weighted by Gasteiger charge is -2.30. The van der Waals surface area contributed by atoms with E-state index >= 15 is 0 Å². The van der Waals surface area contributed by atoms with E-state index in [0.717, 1.165) is 41.4 Å². The van der Waals surface area contributed by atoms with Crippen molar-refractivity contribution >= 4 is 46.0 Å². The predicted octanol–water partition coefficient (Wildman–Crippen LogP) is 5.81. The number of amides is 4. The van der Waals surface area contributed by atoms with Crippen LogP contribution in [0.15, 0.2) is 58.1 Å². The lowest BCUT2D eigenvalue weighted by Crippen LogP contribution is -2.51. The Morgan fingerprint density at radius 2 is 1.39 bits per heavy atom. The number of carbonyl (C=O) groups excluding carboxylic acids is 4. The minimum atomic E-state index is -0.759. The topological polar surface area (TPSA) is 205 Å². The molecule has 300 valence electrons. The average Bonchev–Trinajstić information content (AvgIpc) is 4.04. The van der Waals surface area contributed by atoms with E-state index in [1.54, 1.807) is 22.1 Å². The van der Waals surface area contributed by atoms with Gasteiger partial charge in [0.25, 0.3) is 0 Å². The van der Waals surface area contributed by atoms with Crippen molar-refractivity contribution in [3.05, 3.63) is 70.7 Å². The van der Waals surface area contributed by atoms with Gasteiger partial charge >= 0.3 is 12.2 Å². The number of likely N-dealkylation sites (tertiary alicyclic amines) is 2. The second-order valence-electron chi connectivity index (χ2n) is 15.3. The second kappa shape index (κ2) is 16.1. The molecule has 2 aliphatic rings. The molecule has 7 rings (SSSR count). The van der Waals surface area contributed by atoms with Crippen molar-refractivity contribution < 1.29 is 33.1 Å². The van der Waals surface area contributed by atoms with Crippen LogP contribution in [0.2, 0.25) is 0 Å². The maximum atomic E-state index is 13.8. The van der Waals surface area contributed by atoms with Crippen LogP contribution in [0.25, 0.3) is 44.4 Å². The number of aromatic nitrogens is 4. The van der Waals surface area contributed by atoms with E-state index in [2.05, 4.69) is 25.6 Å². The van der Waals surface area contributed by atoms with Gasteiger partial charge in [-0.25, -0.2) is 19.6 Å². The third-order valence-corrected chi connectivity index (χ3v) is 11.0. The number of hydrogen-bond acceptors (Lipinski definition) is 10. The first-order chi connectivity index (χ1) is 27.4. The summed E-state index contributed by atoms with van der Waals surface area (Å²) in [6.07, 6.45) is 4.66. The Morgan fingerprint density at radius 3 is 1.98 bits per heavy atom. The average molecular weight is 781 g/mol. The smallest absolute Gasteiger partial charge is 0.407 e. The van der Waals surface area contributed by atoms with Crippen LogP contribution in [0.4, 0.5) is 9.59 Å². The van der Waals surface area contributed by atoms with Crippen LogP contribution in [0.5, 0.6) is 0 Å². The van der Waals surface area contributed by atoms with Gasteiger partial charge in [-0.2, -0.15) is 0 Å². The third kappa shape index (κ3) is 7.67. The van der Waals surface area contributed by atoms with E-state index in [4.69, 9.17) is 18.9 Å². The number of carbonyl (C=O) groups is 4. The normalized spacial score (nSPS) is 18.0. The highest BCUT2D eigenvalue weighted by Gasteiger charge is 2.39. The van der Waals surface area contributed by atoms with Gasteiger partial charge < -0.3 is 44.3 Å². The molecular weight excluding hydrogens is 732 g/mol. The predicted molar refractivity (Wildman–Crippen MR) is 211 cm³/mol. The van der Waals surface area contributed by atoms with Crippen LogP contribution >= 0.6 is 0 Å². The highest BCUT2D eigenvalue weighted by atomic mass is 16.5. The van der Waals surface area contributed by atoms with E-state index in [9.17, 15) is 24.0 Å². The summed E-state index contributed by atoms with van der Waals surface area (Å²) in [7, 11) is 2.53. The van der Waals surface area contributed by atoms with Crippen molar-refractivity contribution in [2.45, 2.75) is 77.5 Å². The molecule has 16 nitrogen and oxygen atoms in total. The summed E-state index contributed by atoms with van der Waals surface area (Å²) in [6.45, 7) is 8.55. The number of nitrogens with one attached hydrogen (secondary N) is 4. The molecule has 16 heteroatoms. The summed E-state index contributed by atoms with van der Waals surface area (Å²) >= 11 is 0. The zero-order chi connectivity index (χ0) is 40.5. The van der Waals surface area contributed by atoms with Crippen molar-refractivity contribution in [1.29, 1.82) is 0 Å². The summed E-state index contributed by atoms with van der Waals surface area (Å²) in [5, 5.41) is 5.74. The fourth-order valence-electron chi connectivity index (χ4n) is 7.89. The number of nitrogens with zero attached hydrogens (tertiary/aromatic N) is 4. The zero-order valence-electron chi connectivity index (χ0n) is 32.9. The van der Waals surface area contributed by atoms with Crippen molar-refractivity contribution in [3.8, 4) is 22.4 Å². The number of aromatic amines is 2. The number of methoxy groups -OCH3 is 2. The lowest BCUT2D eigenvalue weighted by molar-refractivity contribution is -0.136. The molecule has 4 amide bonds. The van der Waals surface area contributed by atoms with E-state index < -0.39 is 24.3 Å². The molecule has 4 N–H and O–H groups in total. The molecule has 2 aromatic carbocycles. The standard InChI is InChI=1S/C41H48N8O8/c1-21(2)33(46-40(53)55-5)38(51)48-15-7-9-30(48)36-42-19-29(45-36)26-20-57-32-18-24(11-13-25(32)35(26)50)23-12-14-27-28(17-23)44-37(43-27)31-10-8-16-49(31)39(52)34(22(3)4)47-41(54)56-6/h11-14,17-22,30-31,33-34H,7-10,15-16H2,1-6H3,(H,42,45)(H,43,44)(H,46,53)(H,47,54)/t30-,31-,33-,34-/m0/s1. The largest absolute Gasteiger partial charge is 0.463 e. The summed E-state index contributed by atoms with van der Waals surface area (Å²) in [6, 6.07) is 9.18. The van der Waals surface area contributed by atoms with Gasteiger partial charge in [-0.1, -0.05) is 39.8 Å². The molecule has 5 heterocycles. The lowest BCUT2D eigenvalue weighted by atomic mass is 10.0. The quantitative estimate of drug-likeness (QED) is 0.134. The van der Waals surface area contributed by atoms with E-state index in [1.165, 1.54) is 20.5 Å². The van der Waals surface area contributed by atoms with Crippen LogP contribution < -0.4 is 16.1 Å². The Bertz CT molecular complexity index is 2380. The van der Waals surface area contributed by atoms with E-state index in [-0.39, 0.29) is 41.2 Å². The number of benzene rings is 2. The molecule has 0 unspecified atom stereocenters. The molecule has 57 heavy (non-hydrogen) atoms. The number of ether oxygens (including phenoxy) is 2. The summed E-state index contributed by atoms with van der Waals surface area (Å²) < 4.78 is 15.5. The molecule has 2 aliphatic heterocycles. The second-order valence-corrected chi connectivity index (χ2v) is 15.3. The molecule has 0 saturated carbocycles. The monoisotopic (exact) mass is 780 g/mol. The highest BCUT2D eigenvalue weighted by Crippen LogP contribution is 2.35. The number of imidazole rings is 2. The van der Waals surface area contributed by atoms with Crippen molar-refractivity contribution in [2.75, 3.05) is 27.3 Å². The van der Waals surface area contributed by atoms with Gasteiger partial charge in [-0.3, -0.25) is 14.4 Å². The molecule has 3 aromatic heterocycles. The van der Waals surface area contributed by atoms with Gasteiger partial charge in [-0.15, -0.1) is 0 Å². The Labute approximate surface area is 328 Å². The fraction of sp³-hybridized carbons (Fsp3) is 0.439. The molecule has 0 spiro atoms. The molecule has 2 fully saturated rings. The fourth-order valence-corrected chi connectivity index (χ4v) is 7.89. The summed E-state index contributed by atoms with van der Waals surface area (Å²) in [5.74, 6) is 0.528. The molecular formula is C41H48N8O8. The van der Waals surface area contributed by atoms with E-state index in [0.29, 0.717) is 53.4 Å². The molecule has 0 aliphatic carbocycles. The molecule has 4 atom stereocenters. The Hall–Kier alpha value is -6.19. The summed E-state index contributed by atoms with van der Waals surface area (Å²) in [4.78, 5) is 84.6. The first-order valence-corrected chi connectivity index (χ1v) is 19.3. The molecule has 0 radical (unpaired) electrons. The first kappa shape index (κ1) is 39.1. The SMILES string of the molecule is COC(=O)N[C@H](C(=O)N1CCC[C@H]1c1ncc(-c2coc3cc(-c4ccc5nc([C@@H]6CCCN6C(=O)[C@@H](NC(=O)OC)C(C)C)[nH]c5c4)ccc3c2=O)[nH]1)C(C)C. The van der Waals surface area contributed by atoms with Crippen LogP contribution in [-0.2, 0) is 19.1 Å². The van der Waals surface area contributed by atoms with Crippen molar-refractivity contribution in [2.24, 2.45) is 11.8 Å². The van der Waals surface area contributed by atoms with Gasteiger partial charge in [0.05, 0.1) is 60.2 Å². The van der Waals surface area contributed by atoms with Crippen molar-refractivity contribution in [1.82, 2.24) is 40.4 Å². The maximum absolute atomic E-state index is 13.8. The van der Waals surface area contributed by atoms with Crippen LogP contribution in [0.3, 0.4) is 0 Å². The Morgan fingerprint density at radius 1 is 0.807 bits per heavy atom. The third-order valence-electron chi connectivity index (χ3n) is 11.0. The number of fused-ring (bicyclic) bond motifs is 2. The Balaban J connectivity index is 1.10. The van der Waals surface area contributed by atoms with Crippen LogP contribution in [0, 0.1) is 11.8 Å². The zero-order valence-corrected chi connectivity index (χ0v) is 32.9. The maximum Gasteiger partial charge on any atom is 0.407 e. The molecule has 0 bridgehead atoms. The number of alkyl carbamates (subject to hydrolysis) is 2. The van der Waals surface area contributed by atoms with Gasteiger partial charge in [0.1, 0.15) is 35.6 Å². The van der Waals surface area contributed by atoms with Gasteiger partial charge in [0.2, 0.25) is 17.2 Å². The summed E-state index contributed by atoms with van der Waals surface area (Å²) in [5.41, 5.74) is 4.22. The first-order valence-electron chi connectivity index (χ1n) is 19.3. The van der Waals surface area contributed by atoms with Gasteiger partial charge in [0.15, 0.2) is 0 Å². The number of H-pyrrole nitrogens is 2. The number of hydrogen-bond donors (Lipinski definition) is 4. The van der Waals surface area contributed by atoms with E-state index in [1.807, 2.05) is 58.0 Å². The van der Waals surface area contributed by atoms with Crippen molar-refractivity contribution in [3.63, 3.8) is 0 Å². The Kier molecular flexibility index (Phi) is 11.0. The minimum absolute atomic E-state index is 0.137.